The minimum absolute atomic E-state index is 0.184. The van der Waals surface area contributed by atoms with Gasteiger partial charge in [-0.15, -0.1) is 5.10 Å². The van der Waals surface area contributed by atoms with Crippen LogP contribution in [0.4, 0.5) is 13.2 Å². The molecule has 0 unspecified atom stereocenters. The van der Waals surface area contributed by atoms with Gasteiger partial charge in [-0.25, -0.2) is 22.1 Å². The van der Waals surface area contributed by atoms with Gasteiger partial charge in [-0.3, -0.25) is 4.78 Å². The lowest BCUT2D eigenvalue weighted by Gasteiger charge is -2.31. The van der Waals surface area contributed by atoms with Crippen molar-refractivity contribution in [2.75, 3.05) is 11.5 Å². The van der Waals surface area contributed by atoms with Crippen molar-refractivity contribution in [2.24, 2.45) is 5.16 Å². The Morgan fingerprint density at radius 2 is 1.96 bits per heavy atom. The minimum Gasteiger partial charge on any atom is -0.390 e. The number of nitrogens with zero attached hydrogens (tertiary/aromatic N) is 4. The van der Waals surface area contributed by atoms with Crippen LogP contribution >= 0.6 is 0 Å². The lowest BCUT2D eigenvalue weighted by atomic mass is 9.87. The minimum atomic E-state index is -2.87. The van der Waals surface area contributed by atoms with Crippen molar-refractivity contribution in [1.29, 1.82) is 4.78 Å². The number of hydrogen-bond donors (Lipinski definition) is 1. The Bertz CT molecular complexity index is 986. The zero-order chi connectivity index (χ0) is 19.9. The van der Waals surface area contributed by atoms with Crippen LogP contribution in [0, 0.1) is 16.4 Å². The Morgan fingerprint density at radius 1 is 1.29 bits per heavy atom. The summed E-state index contributed by atoms with van der Waals surface area (Å²) in [4.78, 5) is 5.29. The Kier molecular flexibility index (Phi) is 4.64. The smallest absolute Gasteiger partial charge is 0.152 e. The molecule has 28 heavy (non-hydrogen) atoms. The highest BCUT2D eigenvalue weighted by Crippen LogP contribution is 2.41. The average molecular weight is 413 g/mol. The van der Waals surface area contributed by atoms with Gasteiger partial charge in [-0.2, -0.15) is 0 Å². The van der Waals surface area contributed by atoms with Crippen molar-refractivity contribution in [2.45, 2.75) is 37.6 Å². The van der Waals surface area contributed by atoms with E-state index in [1.54, 1.807) is 10.9 Å². The number of hydrogen-bond acceptors (Lipinski definition) is 6. The van der Waals surface area contributed by atoms with Crippen molar-refractivity contribution in [3.63, 3.8) is 0 Å². The molecule has 1 aromatic carbocycles. The summed E-state index contributed by atoms with van der Waals surface area (Å²) >= 11 is 0. The van der Waals surface area contributed by atoms with Crippen LogP contribution in [0.2, 0.25) is 0 Å². The Balaban J connectivity index is 1.53. The first-order chi connectivity index (χ1) is 13.3. The third-order valence-electron chi connectivity index (χ3n) is 5.08. The summed E-state index contributed by atoms with van der Waals surface area (Å²) in [7, 11) is -2.87. The molecule has 0 amide bonds. The molecule has 0 radical (unpaired) electrons. The molecule has 7 nitrogen and oxygen atoms in total. The average Bonchev–Trinajstić information content (AvgIpc) is 3.30. The van der Waals surface area contributed by atoms with Crippen molar-refractivity contribution in [3.05, 3.63) is 47.3 Å². The second-order valence-electron chi connectivity index (χ2n) is 7.09. The van der Waals surface area contributed by atoms with Crippen LogP contribution in [0.1, 0.15) is 30.4 Å². The van der Waals surface area contributed by atoms with Crippen molar-refractivity contribution in [3.8, 4) is 0 Å². The number of nitrogens with one attached hydrogen (secondary N) is 1. The molecule has 11 heteroatoms. The van der Waals surface area contributed by atoms with Crippen LogP contribution in [-0.4, -0.2) is 42.5 Å². The summed E-state index contributed by atoms with van der Waals surface area (Å²) in [6, 6.07) is 2.10. The number of halogens is 3. The van der Waals surface area contributed by atoms with Crippen LogP contribution in [0.15, 0.2) is 29.7 Å². The van der Waals surface area contributed by atoms with E-state index in [1.807, 2.05) is 0 Å². The van der Waals surface area contributed by atoms with Crippen LogP contribution in [0.5, 0.6) is 0 Å². The lowest BCUT2D eigenvalue weighted by molar-refractivity contribution is 0.0693. The Morgan fingerprint density at radius 3 is 2.57 bits per heavy atom. The summed E-state index contributed by atoms with van der Waals surface area (Å²) in [5.74, 6) is -2.46. The number of alkyl halides is 1. The predicted octanol–water partition coefficient (Wildman–Crippen LogP) is 2.75. The summed E-state index contributed by atoms with van der Waals surface area (Å²) in [5, 5.41) is 11.4. The van der Waals surface area contributed by atoms with E-state index >= 15 is 4.39 Å². The maximum Gasteiger partial charge on any atom is 0.152 e. The second kappa shape index (κ2) is 6.87. The lowest BCUT2D eigenvalue weighted by Crippen LogP contribution is -2.34. The van der Waals surface area contributed by atoms with Gasteiger partial charge in [0, 0.05) is 39.4 Å². The monoisotopic (exact) mass is 413 g/mol. The second-order valence-corrected chi connectivity index (χ2v) is 9.54. The van der Waals surface area contributed by atoms with Crippen LogP contribution in [0.25, 0.3) is 0 Å². The molecule has 0 spiro atoms. The van der Waals surface area contributed by atoms with E-state index in [9.17, 15) is 13.0 Å². The van der Waals surface area contributed by atoms with Crippen molar-refractivity contribution >= 4 is 15.4 Å². The topological polar surface area (TPSA) is 93.2 Å². The molecule has 2 aliphatic heterocycles. The first-order valence-electron chi connectivity index (χ1n) is 8.75. The first kappa shape index (κ1) is 18.9. The van der Waals surface area contributed by atoms with Gasteiger partial charge < -0.3 is 4.84 Å². The summed E-state index contributed by atoms with van der Waals surface area (Å²) in [6.45, 7) is 0.385. The quantitative estimate of drug-likeness (QED) is 0.834. The van der Waals surface area contributed by atoms with E-state index in [0.29, 0.717) is 18.7 Å². The highest BCUT2D eigenvalue weighted by molar-refractivity contribution is 7.92. The molecule has 3 heterocycles. The van der Waals surface area contributed by atoms with Crippen molar-refractivity contribution < 1.29 is 22.2 Å². The molecule has 150 valence electrons. The molecule has 0 aliphatic carbocycles. The number of rotatable bonds is 4. The van der Waals surface area contributed by atoms with Gasteiger partial charge in [0.15, 0.2) is 6.10 Å². The first-order valence-corrected chi connectivity index (χ1v) is 10.7. The molecule has 2 aromatic rings. The number of benzene rings is 1. The van der Waals surface area contributed by atoms with E-state index in [4.69, 9.17) is 9.62 Å². The fraction of sp³-hybridized carbons (Fsp3) is 0.471. The van der Waals surface area contributed by atoms with Gasteiger partial charge >= 0.3 is 0 Å². The van der Waals surface area contributed by atoms with Crippen LogP contribution < -0.4 is 0 Å². The maximum atomic E-state index is 15.2. The SMILES string of the molecule is N=[S@]1(=O)CC[C@](F)(c2c(F)cc(C3=NO[C@@H](Cn4ccnn4)C3)cc2F)CC1. The van der Waals surface area contributed by atoms with Crippen molar-refractivity contribution in [1.82, 2.24) is 15.0 Å². The largest absolute Gasteiger partial charge is 0.390 e. The molecule has 1 fully saturated rings. The van der Waals surface area contributed by atoms with Gasteiger partial charge in [-0.05, 0) is 25.0 Å². The maximum absolute atomic E-state index is 15.2. The van der Waals surface area contributed by atoms with Gasteiger partial charge in [0.05, 0.1) is 24.0 Å². The van der Waals surface area contributed by atoms with Gasteiger partial charge in [0.2, 0.25) is 0 Å². The molecule has 1 aromatic heterocycles. The molecule has 1 atom stereocenters. The normalized spacial score (nSPS) is 30.1. The fourth-order valence-corrected chi connectivity index (χ4v) is 5.04. The molecule has 1 N–H and O–H groups in total. The zero-order valence-electron chi connectivity index (χ0n) is 14.8. The molecule has 0 saturated carbocycles. The van der Waals surface area contributed by atoms with E-state index in [0.717, 1.165) is 12.1 Å². The van der Waals surface area contributed by atoms with Crippen LogP contribution in [0.3, 0.4) is 0 Å². The van der Waals surface area contributed by atoms with Gasteiger partial charge in [0.25, 0.3) is 0 Å². The highest BCUT2D eigenvalue weighted by atomic mass is 32.2. The standard InChI is InChI=1S/C17H18F3N5O2S/c18-13-7-11(15-9-12(27-23-15)10-25-4-3-22-24-25)8-14(19)16(13)17(20)1-5-28(21,26)6-2-17/h3-4,7-8,12,21H,1-2,5-6,9-10H2/t12-,17-,28+/m1/s1. The number of oxime groups is 1. The van der Waals surface area contributed by atoms with E-state index < -0.39 is 32.6 Å². The Hall–Kier alpha value is -2.43. The van der Waals surface area contributed by atoms with E-state index in [-0.39, 0.29) is 36.0 Å². The molecular formula is C17H18F3N5O2S. The molecule has 2 aliphatic rings. The summed E-state index contributed by atoms with van der Waals surface area (Å²) < 4.78 is 65.4. The third kappa shape index (κ3) is 3.62. The fourth-order valence-electron chi connectivity index (χ4n) is 3.53. The third-order valence-corrected chi connectivity index (χ3v) is 6.80. The van der Waals surface area contributed by atoms with Gasteiger partial charge in [-0.1, -0.05) is 10.4 Å². The Labute approximate surface area is 159 Å². The molecule has 0 bridgehead atoms. The summed E-state index contributed by atoms with van der Waals surface area (Å²) in [6.07, 6.45) is 2.48. The number of aromatic nitrogens is 3. The van der Waals surface area contributed by atoms with E-state index in [1.165, 1.54) is 6.20 Å². The van der Waals surface area contributed by atoms with Gasteiger partial charge in [0.1, 0.15) is 17.3 Å². The molecule has 1 saturated heterocycles. The predicted molar refractivity (Wildman–Crippen MR) is 95.0 cm³/mol. The summed E-state index contributed by atoms with van der Waals surface area (Å²) in [5.41, 5.74) is -2.38. The van der Waals surface area contributed by atoms with Crippen LogP contribution in [-0.2, 0) is 26.8 Å². The molecule has 4 rings (SSSR count). The zero-order valence-corrected chi connectivity index (χ0v) is 15.6. The molecular weight excluding hydrogens is 395 g/mol. The van der Waals surface area contributed by atoms with E-state index in [2.05, 4.69) is 15.5 Å². The highest BCUT2D eigenvalue weighted by Gasteiger charge is 2.42.